The van der Waals surface area contributed by atoms with Crippen LogP contribution in [0.15, 0.2) is 24.3 Å². The zero-order valence-electron chi connectivity index (χ0n) is 12.2. The molecule has 0 saturated carbocycles. The number of benzene rings is 1. The zero-order chi connectivity index (χ0) is 15.8. The van der Waals surface area contributed by atoms with Crippen LogP contribution in [0.2, 0.25) is 0 Å². The molecule has 1 aromatic rings. The van der Waals surface area contributed by atoms with E-state index in [-0.39, 0.29) is 17.7 Å². The minimum atomic E-state index is -2.87. The maximum Gasteiger partial charge on any atom is 0.387 e. The van der Waals surface area contributed by atoms with E-state index in [1.165, 1.54) is 24.3 Å². The Morgan fingerprint density at radius 2 is 1.81 bits per heavy atom. The fourth-order valence-corrected chi connectivity index (χ4v) is 2.40. The van der Waals surface area contributed by atoms with Crippen LogP contribution in [0.4, 0.5) is 8.78 Å². The van der Waals surface area contributed by atoms with Gasteiger partial charge in [0.25, 0.3) is 5.91 Å². The molecule has 21 heavy (non-hydrogen) atoms. The molecule has 1 rings (SSSR count). The molecule has 0 atom stereocenters. The van der Waals surface area contributed by atoms with E-state index in [0.29, 0.717) is 18.0 Å². The van der Waals surface area contributed by atoms with E-state index in [2.05, 4.69) is 4.74 Å². The third kappa shape index (κ3) is 5.16. The highest BCUT2D eigenvalue weighted by Gasteiger charge is 2.21. The topological polar surface area (TPSA) is 29.5 Å². The number of hydrogen-bond donors (Lipinski definition) is 0. The zero-order valence-corrected chi connectivity index (χ0v) is 12.9. The predicted molar refractivity (Wildman–Crippen MR) is 79.2 cm³/mol. The summed E-state index contributed by atoms with van der Waals surface area (Å²) >= 11 is 5.77. The van der Waals surface area contributed by atoms with Gasteiger partial charge in [-0.05, 0) is 37.1 Å². The fraction of sp³-hybridized carbons (Fsp3) is 0.533. The number of alkyl halides is 3. The van der Waals surface area contributed by atoms with Gasteiger partial charge in [0, 0.05) is 24.0 Å². The molecule has 1 aromatic carbocycles. The lowest BCUT2D eigenvalue weighted by atomic mass is 10.1. The highest BCUT2D eigenvalue weighted by molar-refractivity contribution is 6.18. The summed E-state index contributed by atoms with van der Waals surface area (Å²) in [6.45, 7) is 1.62. The van der Waals surface area contributed by atoms with Gasteiger partial charge in [-0.15, -0.1) is 11.6 Å². The third-order valence-corrected chi connectivity index (χ3v) is 3.47. The second-order valence-corrected chi connectivity index (χ2v) is 4.94. The lowest BCUT2D eigenvalue weighted by molar-refractivity contribution is -0.0498. The fourth-order valence-electron chi connectivity index (χ4n) is 2.22. The average Bonchev–Trinajstić information content (AvgIpc) is 2.47. The van der Waals surface area contributed by atoms with Crippen LogP contribution in [0.5, 0.6) is 5.75 Å². The molecule has 0 saturated heterocycles. The minimum absolute atomic E-state index is 0.0352. The summed E-state index contributed by atoms with van der Waals surface area (Å²) in [7, 11) is 0. The van der Waals surface area contributed by atoms with Gasteiger partial charge in [0.05, 0.1) is 0 Å². The van der Waals surface area contributed by atoms with Crippen LogP contribution in [0.25, 0.3) is 0 Å². The normalized spacial score (nSPS) is 11.0. The largest absolute Gasteiger partial charge is 0.435 e. The number of amides is 1. The summed E-state index contributed by atoms with van der Waals surface area (Å²) < 4.78 is 28.5. The van der Waals surface area contributed by atoms with E-state index in [4.69, 9.17) is 11.6 Å². The van der Waals surface area contributed by atoms with Crippen LogP contribution < -0.4 is 4.74 Å². The Balaban J connectivity index is 2.88. The maximum absolute atomic E-state index is 12.5. The summed E-state index contributed by atoms with van der Waals surface area (Å²) in [4.78, 5) is 14.2. The minimum Gasteiger partial charge on any atom is -0.435 e. The molecule has 0 N–H and O–H groups in total. The molecular formula is C15H20ClF2NO2. The van der Waals surface area contributed by atoms with Crippen molar-refractivity contribution in [3.8, 4) is 5.75 Å². The smallest absolute Gasteiger partial charge is 0.387 e. The van der Waals surface area contributed by atoms with E-state index in [1.54, 1.807) is 4.90 Å². The van der Waals surface area contributed by atoms with Gasteiger partial charge < -0.3 is 9.64 Å². The van der Waals surface area contributed by atoms with Crippen molar-refractivity contribution in [1.82, 2.24) is 4.90 Å². The van der Waals surface area contributed by atoms with Gasteiger partial charge in [-0.3, -0.25) is 4.79 Å². The summed E-state index contributed by atoms with van der Waals surface area (Å²) in [6.07, 6.45) is 1.68. The molecule has 118 valence electrons. The van der Waals surface area contributed by atoms with Crippen molar-refractivity contribution in [1.29, 1.82) is 0 Å². The molecule has 0 aliphatic carbocycles. The number of ether oxygens (including phenoxy) is 1. The summed E-state index contributed by atoms with van der Waals surface area (Å²) in [5, 5.41) is 0. The molecule has 6 heteroatoms. The van der Waals surface area contributed by atoms with E-state index in [9.17, 15) is 13.6 Å². The molecule has 0 heterocycles. The molecule has 3 nitrogen and oxygen atoms in total. The molecule has 0 radical (unpaired) electrons. The molecule has 0 spiro atoms. The number of rotatable bonds is 8. The Bertz CT molecular complexity index is 436. The SMILES string of the molecule is CCC(CC)N(CCCl)C(=O)c1ccc(OC(F)F)cc1. The molecule has 0 aromatic heterocycles. The maximum atomic E-state index is 12.5. The van der Waals surface area contributed by atoms with Crippen LogP contribution in [-0.2, 0) is 0 Å². The van der Waals surface area contributed by atoms with E-state index >= 15 is 0 Å². The first-order chi connectivity index (χ1) is 10.0. The van der Waals surface area contributed by atoms with Crippen molar-refractivity contribution in [2.75, 3.05) is 12.4 Å². The van der Waals surface area contributed by atoms with Gasteiger partial charge in [-0.25, -0.2) is 0 Å². The highest BCUT2D eigenvalue weighted by atomic mass is 35.5. The van der Waals surface area contributed by atoms with Crippen molar-refractivity contribution >= 4 is 17.5 Å². The Kier molecular flexibility index (Phi) is 7.43. The molecule has 1 amide bonds. The van der Waals surface area contributed by atoms with Crippen LogP contribution in [-0.4, -0.2) is 35.9 Å². The van der Waals surface area contributed by atoms with E-state index in [1.807, 2.05) is 13.8 Å². The number of halogens is 3. The Hall–Kier alpha value is -1.36. The average molecular weight is 320 g/mol. The van der Waals surface area contributed by atoms with Crippen molar-refractivity contribution < 1.29 is 18.3 Å². The Labute approximate surface area is 128 Å². The Morgan fingerprint density at radius 3 is 2.24 bits per heavy atom. The van der Waals surface area contributed by atoms with Gasteiger partial charge in [0.2, 0.25) is 0 Å². The van der Waals surface area contributed by atoms with Crippen LogP contribution >= 0.6 is 11.6 Å². The Morgan fingerprint density at radius 1 is 1.24 bits per heavy atom. The standard InChI is InChI=1S/C15H20ClF2NO2/c1-3-12(4-2)19(10-9-16)14(20)11-5-7-13(8-6-11)21-15(17)18/h5-8,12,15H,3-4,9-10H2,1-2H3. The molecule has 0 aliphatic rings. The van der Waals surface area contributed by atoms with Crippen molar-refractivity contribution in [2.24, 2.45) is 0 Å². The van der Waals surface area contributed by atoms with Crippen LogP contribution in [0, 0.1) is 0 Å². The second kappa shape index (κ2) is 8.82. The number of hydrogen-bond acceptors (Lipinski definition) is 2. The van der Waals surface area contributed by atoms with Crippen molar-refractivity contribution in [3.63, 3.8) is 0 Å². The summed E-state index contributed by atoms with van der Waals surface area (Å²) in [5.74, 6) is 0.246. The highest BCUT2D eigenvalue weighted by Crippen LogP contribution is 2.18. The predicted octanol–water partition coefficient (Wildman–Crippen LogP) is 4.16. The molecule has 0 bridgehead atoms. The third-order valence-electron chi connectivity index (χ3n) is 3.30. The van der Waals surface area contributed by atoms with Gasteiger partial charge in [0.15, 0.2) is 0 Å². The number of carbonyl (C=O) groups excluding carboxylic acids is 1. The molecule has 0 unspecified atom stereocenters. The van der Waals surface area contributed by atoms with Gasteiger partial charge >= 0.3 is 6.61 Å². The molecule has 0 aliphatic heterocycles. The summed E-state index contributed by atoms with van der Waals surface area (Å²) in [6, 6.07) is 5.83. The summed E-state index contributed by atoms with van der Waals surface area (Å²) in [5.41, 5.74) is 0.439. The van der Waals surface area contributed by atoms with Gasteiger partial charge in [-0.1, -0.05) is 13.8 Å². The van der Waals surface area contributed by atoms with E-state index in [0.717, 1.165) is 12.8 Å². The monoisotopic (exact) mass is 319 g/mol. The van der Waals surface area contributed by atoms with E-state index < -0.39 is 6.61 Å². The quantitative estimate of drug-likeness (QED) is 0.673. The number of nitrogens with zero attached hydrogens (tertiary/aromatic N) is 1. The van der Waals surface area contributed by atoms with Crippen LogP contribution in [0.3, 0.4) is 0 Å². The first kappa shape index (κ1) is 17.7. The van der Waals surface area contributed by atoms with Crippen molar-refractivity contribution in [3.05, 3.63) is 29.8 Å². The lowest BCUT2D eigenvalue weighted by Gasteiger charge is -2.30. The van der Waals surface area contributed by atoms with Crippen molar-refractivity contribution in [2.45, 2.75) is 39.3 Å². The molecular weight excluding hydrogens is 300 g/mol. The van der Waals surface area contributed by atoms with Crippen LogP contribution in [0.1, 0.15) is 37.0 Å². The first-order valence-electron chi connectivity index (χ1n) is 6.95. The lowest BCUT2D eigenvalue weighted by Crippen LogP contribution is -2.41. The second-order valence-electron chi connectivity index (χ2n) is 4.56. The molecule has 0 fully saturated rings. The first-order valence-corrected chi connectivity index (χ1v) is 7.48. The number of carbonyl (C=O) groups is 1. The van der Waals surface area contributed by atoms with Gasteiger partial charge in [0.1, 0.15) is 5.75 Å². The van der Waals surface area contributed by atoms with Gasteiger partial charge in [-0.2, -0.15) is 8.78 Å².